The number of hydrogen-bond acceptors (Lipinski definition) is 2. The first kappa shape index (κ1) is 22.9. The highest BCUT2D eigenvalue weighted by Crippen LogP contribution is 2.65. The van der Waals surface area contributed by atoms with Crippen LogP contribution < -0.4 is 5.32 Å². The summed E-state index contributed by atoms with van der Waals surface area (Å²) in [5.41, 5.74) is 7.39. The zero-order chi connectivity index (χ0) is 25.0. The first-order valence-electron chi connectivity index (χ1n) is 13.2. The maximum atomic E-state index is 13.9. The van der Waals surface area contributed by atoms with Gasteiger partial charge in [0, 0.05) is 28.6 Å². The third-order valence-electron chi connectivity index (χ3n) is 10.2. The smallest absolute Gasteiger partial charge is 0.272 e. The van der Waals surface area contributed by atoms with Crippen LogP contribution in [-0.2, 0) is 6.42 Å². The molecule has 186 valence electrons. The summed E-state index contributed by atoms with van der Waals surface area (Å²) in [5.74, 6) is 1.28. The molecular formula is C30H31Cl2N3O. The molecule has 1 amide bonds. The number of fused-ring (bicyclic) bond motifs is 5. The Morgan fingerprint density at radius 3 is 2.56 bits per heavy atom. The third kappa shape index (κ3) is 3.13. The zero-order valence-electron chi connectivity index (χ0n) is 21.0. The number of nitrogens with zero attached hydrogens (tertiary/aromatic N) is 2. The summed E-state index contributed by atoms with van der Waals surface area (Å²) in [4.78, 5) is 13.9. The lowest BCUT2D eigenvalue weighted by Gasteiger charge is -2.39. The minimum Gasteiger partial charge on any atom is -0.347 e. The molecule has 2 bridgehead atoms. The maximum absolute atomic E-state index is 13.9. The molecule has 0 radical (unpaired) electrons. The average Bonchev–Trinajstić information content (AvgIpc) is 3.42. The van der Waals surface area contributed by atoms with E-state index in [1.807, 2.05) is 16.8 Å². The van der Waals surface area contributed by atoms with Gasteiger partial charge in [-0.1, -0.05) is 62.2 Å². The number of aromatic nitrogens is 2. The van der Waals surface area contributed by atoms with E-state index >= 15 is 0 Å². The van der Waals surface area contributed by atoms with E-state index in [0.29, 0.717) is 27.6 Å². The van der Waals surface area contributed by atoms with E-state index in [9.17, 15) is 4.79 Å². The first-order valence-corrected chi connectivity index (χ1v) is 13.9. The molecule has 3 fully saturated rings. The lowest BCUT2D eigenvalue weighted by atomic mass is 9.69. The van der Waals surface area contributed by atoms with Crippen molar-refractivity contribution in [2.24, 2.45) is 16.7 Å². The molecule has 0 saturated heterocycles. The SMILES string of the molecule is CC1(C)[C@@H]2CC[C@]1(C)[C@H](NC(=O)c1nn(-c3ccc(Cl)cc3Cl)c3c1Cc1cc(C4CC4)ccc1-3)C2. The lowest BCUT2D eigenvalue weighted by molar-refractivity contribution is 0.0820. The van der Waals surface area contributed by atoms with Crippen molar-refractivity contribution in [2.75, 3.05) is 0 Å². The van der Waals surface area contributed by atoms with Gasteiger partial charge in [-0.2, -0.15) is 5.10 Å². The molecule has 4 aliphatic carbocycles. The normalized spacial score (nSPS) is 27.2. The minimum absolute atomic E-state index is 0.0696. The standard InChI is InChI=1S/C30H31Cl2N3O/c1-29(2)19-10-11-30(29,3)25(14-19)33-28(36)26-22-13-18-12-17(16-4-5-16)6-8-21(18)27(22)35(34-26)24-9-7-20(31)15-23(24)32/h6-9,12,15-16,19,25H,4-5,10-11,13-14H2,1-3H3,(H,33,36)/t19-,25-,30-/m1/s1. The van der Waals surface area contributed by atoms with Crippen molar-refractivity contribution in [3.8, 4) is 16.9 Å². The van der Waals surface area contributed by atoms with Gasteiger partial charge in [0.15, 0.2) is 5.69 Å². The number of hydrogen-bond donors (Lipinski definition) is 1. The Morgan fingerprint density at radius 2 is 1.89 bits per heavy atom. The van der Waals surface area contributed by atoms with Crippen LogP contribution in [0.1, 0.15) is 86.0 Å². The zero-order valence-corrected chi connectivity index (χ0v) is 22.5. The second kappa shape index (κ2) is 7.61. The minimum atomic E-state index is -0.0696. The van der Waals surface area contributed by atoms with Crippen LogP contribution in [0, 0.1) is 16.7 Å². The van der Waals surface area contributed by atoms with Gasteiger partial charge in [-0.15, -0.1) is 0 Å². The maximum Gasteiger partial charge on any atom is 0.272 e. The first-order chi connectivity index (χ1) is 17.2. The van der Waals surface area contributed by atoms with E-state index in [1.165, 1.54) is 30.4 Å². The molecule has 3 atom stereocenters. The van der Waals surface area contributed by atoms with Crippen molar-refractivity contribution < 1.29 is 4.79 Å². The predicted molar refractivity (Wildman–Crippen MR) is 144 cm³/mol. The largest absolute Gasteiger partial charge is 0.347 e. The van der Waals surface area contributed by atoms with E-state index in [-0.39, 0.29) is 22.8 Å². The van der Waals surface area contributed by atoms with Crippen LogP contribution in [0.4, 0.5) is 0 Å². The van der Waals surface area contributed by atoms with Gasteiger partial charge in [-0.3, -0.25) is 4.79 Å². The van der Waals surface area contributed by atoms with Crippen molar-refractivity contribution >= 4 is 29.1 Å². The molecule has 7 rings (SSSR count). The molecular weight excluding hydrogens is 489 g/mol. The van der Waals surface area contributed by atoms with Gasteiger partial charge in [0.2, 0.25) is 0 Å². The molecule has 1 N–H and O–H groups in total. The average molecular weight is 521 g/mol. The summed E-state index contributed by atoms with van der Waals surface area (Å²) >= 11 is 12.8. The number of halogens is 2. The van der Waals surface area contributed by atoms with Gasteiger partial charge >= 0.3 is 0 Å². The summed E-state index contributed by atoms with van der Waals surface area (Å²) in [5, 5.41) is 9.43. The lowest BCUT2D eigenvalue weighted by Crippen LogP contribution is -2.47. The van der Waals surface area contributed by atoms with E-state index in [1.54, 1.807) is 6.07 Å². The molecule has 1 aromatic heterocycles. The summed E-state index contributed by atoms with van der Waals surface area (Å²) in [6, 6.07) is 12.4. The topological polar surface area (TPSA) is 46.9 Å². The molecule has 4 aliphatic rings. The molecule has 0 aliphatic heterocycles. The number of rotatable bonds is 4. The van der Waals surface area contributed by atoms with Gasteiger partial charge in [-0.25, -0.2) is 4.68 Å². The fourth-order valence-corrected chi connectivity index (χ4v) is 7.89. The number of carbonyl (C=O) groups is 1. The monoisotopic (exact) mass is 519 g/mol. The number of nitrogens with one attached hydrogen (secondary N) is 1. The second-order valence-electron chi connectivity index (χ2n) is 12.2. The van der Waals surface area contributed by atoms with Crippen LogP contribution in [0.25, 0.3) is 16.9 Å². The molecule has 36 heavy (non-hydrogen) atoms. The van der Waals surface area contributed by atoms with Gasteiger partial charge in [0.05, 0.1) is 16.4 Å². The van der Waals surface area contributed by atoms with E-state index in [0.717, 1.165) is 41.8 Å². The van der Waals surface area contributed by atoms with Gasteiger partial charge in [0.1, 0.15) is 0 Å². The number of amides is 1. The molecule has 4 nitrogen and oxygen atoms in total. The van der Waals surface area contributed by atoms with Crippen molar-refractivity contribution in [1.82, 2.24) is 15.1 Å². The highest BCUT2D eigenvalue weighted by molar-refractivity contribution is 6.35. The molecule has 0 spiro atoms. The molecule has 3 aromatic rings. The van der Waals surface area contributed by atoms with Gasteiger partial charge in [-0.05, 0) is 84.1 Å². The predicted octanol–water partition coefficient (Wildman–Crippen LogP) is 7.57. The fourth-order valence-electron chi connectivity index (χ4n) is 7.40. The quantitative estimate of drug-likeness (QED) is 0.302. The van der Waals surface area contributed by atoms with Crippen LogP contribution >= 0.6 is 23.2 Å². The summed E-state index contributed by atoms with van der Waals surface area (Å²) in [7, 11) is 0. The Balaban J connectivity index is 1.31. The van der Waals surface area contributed by atoms with Crippen molar-refractivity contribution in [1.29, 1.82) is 0 Å². The molecule has 3 saturated carbocycles. The van der Waals surface area contributed by atoms with Crippen LogP contribution in [0.2, 0.25) is 10.0 Å². The highest BCUT2D eigenvalue weighted by atomic mass is 35.5. The highest BCUT2D eigenvalue weighted by Gasteiger charge is 2.61. The number of carbonyl (C=O) groups excluding carboxylic acids is 1. The van der Waals surface area contributed by atoms with Crippen molar-refractivity contribution in [3.05, 3.63) is 68.8 Å². The molecule has 0 unspecified atom stereocenters. The summed E-state index contributed by atoms with van der Waals surface area (Å²) < 4.78 is 1.86. The number of benzene rings is 2. The molecule has 2 aromatic carbocycles. The van der Waals surface area contributed by atoms with Crippen molar-refractivity contribution in [2.45, 2.75) is 71.3 Å². The van der Waals surface area contributed by atoms with Crippen LogP contribution in [0.3, 0.4) is 0 Å². The van der Waals surface area contributed by atoms with E-state index < -0.39 is 0 Å². The van der Waals surface area contributed by atoms with Gasteiger partial charge in [0.25, 0.3) is 5.91 Å². The Morgan fingerprint density at radius 1 is 1.08 bits per heavy atom. The summed E-state index contributed by atoms with van der Waals surface area (Å²) in [6.07, 6.45) is 6.73. The molecule has 1 heterocycles. The van der Waals surface area contributed by atoms with Crippen LogP contribution in [0.15, 0.2) is 36.4 Å². The molecule has 6 heteroatoms. The Bertz CT molecular complexity index is 1440. The summed E-state index contributed by atoms with van der Waals surface area (Å²) in [6.45, 7) is 7.11. The Labute approximate surface area is 222 Å². The Kier molecular flexibility index (Phi) is 4.83. The van der Waals surface area contributed by atoms with E-state index in [4.69, 9.17) is 28.3 Å². The van der Waals surface area contributed by atoms with Crippen molar-refractivity contribution in [3.63, 3.8) is 0 Å². The van der Waals surface area contributed by atoms with Crippen LogP contribution in [0.5, 0.6) is 0 Å². The fraction of sp³-hybridized carbons (Fsp3) is 0.467. The third-order valence-corrected chi connectivity index (χ3v) is 10.8. The van der Waals surface area contributed by atoms with Gasteiger partial charge < -0.3 is 5.32 Å². The van der Waals surface area contributed by atoms with Crippen LogP contribution in [-0.4, -0.2) is 21.7 Å². The Hall–Kier alpha value is -2.30. The van der Waals surface area contributed by atoms with E-state index in [2.05, 4.69) is 44.3 Å². The second-order valence-corrected chi connectivity index (χ2v) is 13.0.